The average molecular weight is 406 g/mol. The molecule has 0 heterocycles. The van der Waals surface area contributed by atoms with E-state index in [0.717, 1.165) is 6.07 Å². The van der Waals surface area contributed by atoms with E-state index in [1.807, 2.05) is 0 Å². The third-order valence-corrected chi connectivity index (χ3v) is 4.01. The summed E-state index contributed by atoms with van der Waals surface area (Å²) >= 11 is 0. The number of benzene rings is 3. The summed E-state index contributed by atoms with van der Waals surface area (Å²) in [7, 11) is 1.44. The average Bonchev–Trinajstić information content (AvgIpc) is 2.75. The van der Waals surface area contributed by atoms with E-state index >= 15 is 0 Å². The van der Waals surface area contributed by atoms with Gasteiger partial charge in [-0.15, -0.1) is 0 Å². The Kier molecular flexibility index (Phi) is 6.29. The van der Waals surface area contributed by atoms with Crippen LogP contribution in [0.4, 0.5) is 0 Å². The van der Waals surface area contributed by atoms with Crippen molar-refractivity contribution in [3.8, 4) is 23.0 Å². The van der Waals surface area contributed by atoms with Gasteiger partial charge in [-0.2, -0.15) is 5.10 Å². The Morgan fingerprint density at radius 3 is 2.43 bits per heavy atom. The van der Waals surface area contributed by atoms with E-state index in [-0.39, 0.29) is 22.8 Å². The number of nitrogens with one attached hydrogen (secondary N) is 1. The standard InChI is InChI=1S/C22H18N2O6/c1-29-20-11-14(7-10-19(20)30-22(28)15-5-3-2-4-6-15)13-23-24-21(27)17-9-8-16(25)12-18(17)26/h2-13,25-26H,1H3,(H,24,27)/b23-13+. The van der Waals surface area contributed by atoms with Crippen LogP contribution in [0.1, 0.15) is 26.3 Å². The summed E-state index contributed by atoms with van der Waals surface area (Å²) in [5.41, 5.74) is 3.22. The van der Waals surface area contributed by atoms with Crippen LogP contribution >= 0.6 is 0 Å². The maximum Gasteiger partial charge on any atom is 0.343 e. The van der Waals surface area contributed by atoms with E-state index in [1.54, 1.807) is 48.5 Å². The fourth-order valence-electron chi connectivity index (χ4n) is 2.52. The van der Waals surface area contributed by atoms with Gasteiger partial charge in [-0.3, -0.25) is 4.79 Å². The molecule has 0 aromatic heterocycles. The largest absolute Gasteiger partial charge is 0.508 e. The topological polar surface area (TPSA) is 117 Å². The van der Waals surface area contributed by atoms with Crippen LogP contribution < -0.4 is 14.9 Å². The number of hydrogen-bond acceptors (Lipinski definition) is 7. The molecule has 0 aliphatic carbocycles. The summed E-state index contributed by atoms with van der Waals surface area (Å²) < 4.78 is 10.6. The minimum Gasteiger partial charge on any atom is -0.508 e. The molecule has 30 heavy (non-hydrogen) atoms. The predicted octanol–water partition coefficient (Wildman–Crippen LogP) is 3.09. The zero-order valence-corrected chi connectivity index (χ0v) is 15.9. The van der Waals surface area contributed by atoms with Gasteiger partial charge in [0.2, 0.25) is 0 Å². The third-order valence-electron chi connectivity index (χ3n) is 4.01. The third kappa shape index (κ3) is 4.93. The van der Waals surface area contributed by atoms with E-state index in [9.17, 15) is 19.8 Å². The number of methoxy groups -OCH3 is 1. The lowest BCUT2D eigenvalue weighted by Crippen LogP contribution is -2.17. The molecule has 0 aliphatic heterocycles. The smallest absolute Gasteiger partial charge is 0.343 e. The fourth-order valence-corrected chi connectivity index (χ4v) is 2.52. The Hall–Kier alpha value is -4.33. The number of phenols is 2. The first-order valence-corrected chi connectivity index (χ1v) is 8.78. The Balaban J connectivity index is 1.68. The summed E-state index contributed by atoms with van der Waals surface area (Å²) in [6.07, 6.45) is 1.36. The quantitative estimate of drug-likeness (QED) is 0.251. The summed E-state index contributed by atoms with van der Waals surface area (Å²) in [6.45, 7) is 0. The SMILES string of the molecule is COc1cc(/C=N/NC(=O)c2ccc(O)cc2O)ccc1OC(=O)c1ccccc1. The van der Waals surface area contributed by atoms with Crippen molar-refractivity contribution in [3.05, 3.63) is 83.4 Å². The number of amides is 1. The van der Waals surface area contributed by atoms with E-state index in [1.165, 1.54) is 25.5 Å². The maximum atomic E-state index is 12.2. The number of nitrogens with zero attached hydrogens (tertiary/aromatic N) is 1. The molecule has 0 bridgehead atoms. The zero-order chi connectivity index (χ0) is 21.5. The zero-order valence-electron chi connectivity index (χ0n) is 15.9. The summed E-state index contributed by atoms with van der Waals surface area (Å²) in [5, 5.41) is 22.8. The van der Waals surface area contributed by atoms with Crippen molar-refractivity contribution in [3.63, 3.8) is 0 Å². The van der Waals surface area contributed by atoms with E-state index in [4.69, 9.17) is 9.47 Å². The van der Waals surface area contributed by atoms with Crippen molar-refractivity contribution >= 4 is 18.1 Å². The molecule has 0 atom stereocenters. The lowest BCUT2D eigenvalue weighted by Gasteiger charge is -2.10. The van der Waals surface area contributed by atoms with Gasteiger partial charge in [-0.1, -0.05) is 18.2 Å². The van der Waals surface area contributed by atoms with E-state index in [2.05, 4.69) is 10.5 Å². The van der Waals surface area contributed by atoms with Gasteiger partial charge in [0.05, 0.1) is 24.5 Å². The monoisotopic (exact) mass is 406 g/mol. The highest BCUT2D eigenvalue weighted by Crippen LogP contribution is 2.28. The molecule has 3 aromatic carbocycles. The van der Waals surface area contributed by atoms with Gasteiger partial charge in [0.25, 0.3) is 5.91 Å². The van der Waals surface area contributed by atoms with Crippen molar-refractivity contribution in [1.29, 1.82) is 0 Å². The molecule has 3 rings (SSSR count). The van der Waals surface area contributed by atoms with Crippen molar-refractivity contribution < 1.29 is 29.3 Å². The van der Waals surface area contributed by atoms with Crippen molar-refractivity contribution in [2.45, 2.75) is 0 Å². The van der Waals surface area contributed by atoms with Gasteiger partial charge < -0.3 is 19.7 Å². The highest BCUT2D eigenvalue weighted by Gasteiger charge is 2.13. The highest BCUT2D eigenvalue weighted by atomic mass is 16.6. The number of carbonyl (C=O) groups excluding carboxylic acids is 2. The normalized spacial score (nSPS) is 10.6. The van der Waals surface area contributed by atoms with Crippen LogP contribution in [0.25, 0.3) is 0 Å². The second-order valence-electron chi connectivity index (χ2n) is 6.07. The van der Waals surface area contributed by atoms with Crippen molar-refractivity contribution in [2.24, 2.45) is 5.10 Å². The molecule has 0 unspecified atom stereocenters. The van der Waals surface area contributed by atoms with Gasteiger partial charge in [-0.25, -0.2) is 10.2 Å². The Morgan fingerprint density at radius 1 is 0.967 bits per heavy atom. The van der Waals surface area contributed by atoms with Gasteiger partial charge in [-0.05, 0) is 48.0 Å². The molecule has 0 saturated heterocycles. The molecule has 8 nitrogen and oxygen atoms in total. The molecular weight excluding hydrogens is 388 g/mol. The minimum atomic E-state index is -0.649. The molecule has 0 aliphatic rings. The number of rotatable bonds is 6. The van der Waals surface area contributed by atoms with Gasteiger partial charge in [0, 0.05) is 6.07 Å². The van der Waals surface area contributed by atoms with E-state index in [0.29, 0.717) is 16.9 Å². The number of phenolic OH excluding ortho intramolecular Hbond substituents is 2. The molecule has 0 spiro atoms. The number of carbonyl (C=O) groups is 2. The lowest BCUT2D eigenvalue weighted by atomic mass is 10.2. The Morgan fingerprint density at radius 2 is 1.73 bits per heavy atom. The summed E-state index contributed by atoms with van der Waals surface area (Å²) in [5.74, 6) is -1.14. The first kappa shape index (κ1) is 20.4. The fraction of sp³-hybridized carbons (Fsp3) is 0.0455. The van der Waals surface area contributed by atoms with Crippen LogP contribution in [-0.4, -0.2) is 35.4 Å². The van der Waals surface area contributed by atoms with Crippen LogP contribution in [0, 0.1) is 0 Å². The van der Waals surface area contributed by atoms with Crippen LogP contribution in [0.3, 0.4) is 0 Å². The molecule has 0 saturated carbocycles. The van der Waals surface area contributed by atoms with Crippen LogP contribution in [-0.2, 0) is 0 Å². The lowest BCUT2D eigenvalue weighted by molar-refractivity contribution is 0.0729. The molecule has 152 valence electrons. The molecule has 0 fully saturated rings. The summed E-state index contributed by atoms with van der Waals surface area (Å²) in [6, 6.07) is 16.9. The molecule has 8 heteroatoms. The van der Waals surface area contributed by atoms with Crippen molar-refractivity contribution in [1.82, 2.24) is 5.43 Å². The molecular formula is C22H18N2O6. The molecule has 1 amide bonds. The number of hydrogen-bond donors (Lipinski definition) is 3. The van der Waals surface area contributed by atoms with Crippen LogP contribution in [0.2, 0.25) is 0 Å². The van der Waals surface area contributed by atoms with Crippen LogP contribution in [0.15, 0.2) is 71.8 Å². The number of ether oxygens (including phenoxy) is 2. The van der Waals surface area contributed by atoms with E-state index < -0.39 is 11.9 Å². The number of hydrazone groups is 1. The molecule has 3 N–H and O–H groups in total. The Bertz CT molecular complexity index is 1100. The van der Waals surface area contributed by atoms with Gasteiger partial charge in [0.1, 0.15) is 11.5 Å². The van der Waals surface area contributed by atoms with Gasteiger partial charge in [0.15, 0.2) is 11.5 Å². The van der Waals surface area contributed by atoms with Gasteiger partial charge >= 0.3 is 5.97 Å². The first-order valence-electron chi connectivity index (χ1n) is 8.78. The highest BCUT2D eigenvalue weighted by molar-refractivity contribution is 5.97. The summed E-state index contributed by atoms with van der Waals surface area (Å²) in [4.78, 5) is 24.3. The molecule has 3 aromatic rings. The predicted molar refractivity (Wildman–Crippen MR) is 109 cm³/mol. The first-order chi connectivity index (χ1) is 14.5. The number of esters is 1. The second-order valence-corrected chi connectivity index (χ2v) is 6.07. The minimum absolute atomic E-state index is 0.0364. The second kappa shape index (κ2) is 9.24. The maximum absolute atomic E-state index is 12.2. The van der Waals surface area contributed by atoms with Crippen molar-refractivity contribution in [2.75, 3.05) is 7.11 Å². The number of aromatic hydroxyl groups is 2. The Labute approximate surface area is 172 Å². The molecule has 0 radical (unpaired) electrons. The van der Waals surface area contributed by atoms with Crippen LogP contribution in [0.5, 0.6) is 23.0 Å².